The van der Waals surface area contributed by atoms with Gasteiger partial charge in [0.15, 0.2) is 0 Å². The molecule has 0 aromatic heterocycles. The molecule has 2 unspecified atom stereocenters. The van der Waals surface area contributed by atoms with Gasteiger partial charge in [-0.3, -0.25) is 0 Å². The van der Waals surface area contributed by atoms with Gasteiger partial charge in [-0.05, 0) is 55.9 Å². The molecule has 1 saturated carbocycles. The number of aryl methyl sites for hydroxylation is 1. The molecule has 0 bridgehead atoms. The molecule has 0 heterocycles. The van der Waals surface area contributed by atoms with Gasteiger partial charge >= 0.3 is 0 Å². The summed E-state index contributed by atoms with van der Waals surface area (Å²) in [6.45, 7) is 4.40. The third-order valence-electron chi connectivity index (χ3n) is 4.31. The van der Waals surface area contributed by atoms with Gasteiger partial charge in [0.1, 0.15) is 0 Å². The maximum absolute atomic E-state index is 3.84. The van der Waals surface area contributed by atoms with Crippen molar-refractivity contribution in [1.29, 1.82) is 0 Å². The van der Waals surface area contributed by atoms with Crippen molar-refractivity contribution in [3.05, 3.63) is 69.7 Å². The molecule has 110 valence electrons. The van der Waals surface area contributed by atoms with Gasteiger partial charge in [-0.25, -0.2) is 0 Å². The van der Waals surface area contributed by atoms with Crippen LogP contribution in [0.15, 0.2) is 53.0 Å². The van der Waals surface area contributed by atoms with Crippen molar-refractivity contribution in [1.82, 2.24) is 5.32 Å². The van der Waals surface area contributed by atoms with Gasteiger partial charge in [0.05, 0.1) is 0 Å². The van der Waals surface area contributed by atoms with E-state index in [1.54, 1.807) is 0 Å². The summed E-state index contributed by atoms with van der Waals surface area (Å²) in [6.07, 6.45) is 2.69. The zero-order chi connectivity index (χ0) is 14.8. The van der Waals surface area contributed by atoms with Crippen molar-refractivity contribution in [3.8, 4) is 0 Å². The maximum atomic E-state index is 3.84. The van der Waals surface area contributed by atoms with Crippen LogP contribution >= 0.6 is 15.9 Å². The quantitative estimate of drug-likeness (QED) is 0.749. The molecule has 1 aliphatic rings. The van der Waals surface area contributed by atoms with Gasteiger partial charge in [0, 0.05) is 16.6 Å². The minimum atomic E-state index is 0.356. The highest BCUT2D eigenvalue weighted by Crippen LogP contribution is 2.42. The van der Waals surface area contributed by atoms with E-state index in [0.29, 0.717) is 12.1 Å². The normalized spacial score (nSPS) is 17.5. The van der Waals surface area contributed by atoms with Crippen molar-refractivity contribution in [2.45, 2.75) is 38.8 Å². The second-order valence-electron chi connectivity index (χ2n) is 6.17. The first-order chi connectivity index (χ1) is 10.1. The van der Waals surface area contributed by atoms with E-state index in [1.165, 1.54) is 29.5 Å². The summed E-state index contributed by atoms with van der Waals surface area (Å²) in [5.41, 5.74) is 4.08. The summed E-state index contributed by atoms with van der Waals surface area (Å²) in [5.74, 6) is 0.794. The minimum Gasteiger partial charge on any atom is -0.303 e. The molecule has 1 fully saturated rings. The first-order valence-corrected chi connectivity index (χ1v) is 8.51. The molecule has 3 rings (SSSR count). The predicted octanol–water partition coefficient (Wildman–Crippen LogP) is 5.56. The average Bonchev–Trinajstić information content (AvgIpc) is 3.30. The Morgan fingerprint density at radius 2 is 1.76 bits per heavy atom. The molecule has 2 aromatic rings. The van der Waals surface area contributed by atoms with E-state index in [4.69, 9.17) is 0 Å². The fraction of sp³-hybridized carbons (Fsp3) is 0.368. The van der Waals surface area contributed by atoms with Crippen LogP contribution in [0.5, 0.6) is 0 Å². The zero-order valence-corrected chi connectivity index (χ0v) is 14.2. The van der Waals surface area contributed by atoms with E-state index in [0.717, 1.165) is 10.4 Å². The second kappa shape index (κ2) is 6.33. The summed E-state index contributed by atoms with van der Waals surface area (Å²) >= 11 is 3.56. The van der Waals surface area contributed by atoms with Crippen LogP contribution < -0.4 is 5.32 Å². The van der Waals surface area contributed by atoms with Crippen molar-refractivity contribution < 1.29 is 0 Å². The van der Waals surface area contributed by atoms with E-state index >= 15 is 0 Å². The number of hydrogen-bond donors (Lipinski definition) is 1. The average molecular weight is 344 g/mol. The number of benzene rings is 2. The zero-order valence-electron chi connectivity index (χ0n) is 12.6. The molecule has 0 amide bonds. The highest BCUT2D eigenvalue weighted by atomic mass is 79.9. The molecule has 1 nitrogen and oxygen atoms in total. The lowest BCUT2D eigenvalue weighted by molar-refractivity contribution is 0.427. The van der Waals surface area contributed by atoms with E-state index in [1.807, 2.05) is 0 Å². The van der Waals surface area contributed by atoms with Gasteiger partial charge in [-0.1, -0.05) is 57.9 Å². The summed E-state index contributed by atoms with van der Waals surface area (Å²) in [5, 5.41) is 3.84. The molecule has 2 heteroatoms. The third-order valence-corrected chi connectivity index (χ3v) is 4.80. The SMILES string of the molecule is Cc1ccc(C(NC(C)c2cccc(Br)c2)C2CC2)cc1. The van der Waals surface area contributed by atoms with E-state index in [2.05, 4.69) is 83.6 Å². The van der Waals surface area contributed by atoms with Gasteiger partial charge in [0.2, 0.25) is 0 Å². The number of halogens is 1. The van der Waals surface area contributed by atoms with Gasteiger partial charge in [-0.2, -0.15) is 0 Å². The van der Waals surface area contributed by atoms with Crippen LogP contribution in [0.4, 0.5) is 0 Å². The van der Waals surface area contributed by atoms with Crippen LogP contribution in [0.1, 0.15) is 48.5 Å². The molecule has 0 spiro atoms. The van der Waals surface area contributed by atoms with Gasteiger partial charge in [0.25, 0.3) is 0 Å². The molecule has 0 saturated heterocycles. The minimum absolute atomic E-state index is 0.356. The standard InChI is InChI=1S/C19H22BrN/c1-13-6-8-15(9-7-13)19(16-10-11-16)21-14(2)17-4-3-5-18(20)12-17/h3-9,12,14,16,19,21H,10-11H2,1-2H3. The van der Waals surface area contributed by atoms with Crippen molar-refractivity contribution in [3.63, 3.8) is 0 Å². The Balaban J connectivity index is 1.77. The first-order valence-electron chi connectivity index (χ1n) is 7.71. The Hall–Kier alpha value is -1.12. The molecular formula is C19H22BrN. The van der Waals surface area contributed by atoms with E-state index < -0.39 is 0 Å². The van der Waals surface area contributed by atoms with Crippen molar-refractivity contribution >= 4 is 15.9 Å². The lowest BCUT2D eigenvalue weighted by atomic mass is 9.98. The van der Waals surface area contributed by atoms with Crippen LogP contribution in [-0.2, 0) is 0 Å². The lowest BCUT2D eigenvalue weighted by Gasteiger charge is -2.24. The molecular weight excluding hydrogens is 322 g/mol. The third kappa shape index (κ3) is 3.75. The molecule has 0 radical (unpaired) electrons. The van der Waals surface area contributed by atoms with Gasteiger partial charge in [-0.15, -0.1) is 0 Å². The van der Waals surface area contributed by atoms with Crippen LogP contribution in [0.3, 0.4) is 0 Å². The van der Waals surface area contributed by atoms with Crippen LogP contribution in [0, 0.1) is 12.8 Å². The fourth-order valence-electron chi connectivity index (χ4n) is 2.85. The molecule has 21 heavy (non-hydrogen) atoms. The number of rotatable bonds is 5. The molecule has 0 aliphatic heterocycles. The Kier molecular flexibility index (Phi) is 4.46. The van der Waals surface area contributed by atoms with Crippen molar-refractivity contribution in [2.24, 2.45) is 5.92 Å². The highest BCUT2D eigenvalue weighted by Gasteiger charge is 2.33. The first kappa shape index (κ1) is 14.8. The lowest BCUT2D eigenvalue weighted by Crippen LogP contribution is -2.26. The topological polar surface area (TPSA) is 12.0 Å². The van der Waals surface area contributed by atoms with E-state index in [-0.39, 0.29) is 0 Å². The predicted molar refractivity (Wildman–Crippen MR) is 92.3 cm³/mol. The second-order valence-corrected chi connectivity index (χ2v) is 7.08. The smallest absolute Gasteiger partial charge is 0.0353 e. The summed E-state index contributed by atoms with van der Waals surface area (Å²) in [4.78, 5) is 0. The molecule has 2 aromatic carbocycles. The largest absolute Gasteiger partial charge is 0.303 e. The maximum Gasteiger partial charge on any atom is 0.0353 e. The number of nitrogens with one attached hydrogen (secondary N) is 1. The Morgan fingerprint density at radius 3 is 2.38 bits per heavy atom. The molecule has 1 aliphatic carbocycles. The monoisotopic (exact) mass is 343 g/mol. The molecule has 1 N–H and O–H groups in total. The Labute approximate surface area is 135 Å². The summed E-state index contributed by atoms with van der Waals surface area (Å²) in [6, 6.07) is 18.4. The van der Waals surface area contributed by atoms with Crippen LogP contribution in [-0.4, -0.2) is 0 Å². The van der Waals surface area contributed by atoms with Crippen LogP contribution in [0.2, 0.25) is 0 Å². The highest BCUT2D eigenvalue weighted by molar-refractivity contribution is 9.10. The van der Waals surface area contributed by atoms with E-state index in [9.17, 15) is 0 Å². The van der Waals surface area contributed by atoms with Crippen molar-refractivity contribution in [2.75, 3.05) is 0 Å². The Bertz CT molecular complexity index is 601. The fourth-order valence-corrected chi connectivity index (χ4v) is 3.27. The Morgan fingerprint density at radius 1 is 1.05 bits per heavy atom. The summed E-state index contributed by atoms with van der Waals surface area (Å²) in [7, 11) is 0. The van der Waals surface area contributed by atoms with Gasteiger partial charge < -0.3 is 5.32 Å². The number of hydrogen-bond acceptors (Lipinski definition) is 1. The summed E-state index contributed by atoms with van der Waals surface area (Å²) < 4.78 is 1.15. The van der Waals surface area contributed by atoms with Crippen LogP contribution in [0.25, 0.3) is 0 Å². The molecule has 2 atom stereocenters.